The highest BCUT2D eigenvalue weighted by Gasteiger charge is 2.34. The van der Waals surface area contributed by atoms with Crippen LogP contribution in [0.1, 0.15) is 81.5 Å². The molecule has 0 aliphatic carbocycles. The first-order valence-corrected chi connectivity index (χ1v) is 13.0. The second-order valence-electron chi connectivity index (χ2n) is 9.66. The monoisotopic (exact) mass is 442 g/mol. The van der Waals surface area contributed by atoms with Gasteiger partial charge in [-0.25, -0.2) is 8.42 Å². The molecule has 1 aliphatic rings. The van der Waals surface area contributed by atoms with E-state index in [0.29, 0.717) is 23.9 Å². The maximum absolute atomic E-state index is 13.9. The van der Waals surface area contributed by atoms with Crippen molar-refractivity contribution in [3.63, 3.8) is 0 Å². The first kappa shape index (κ1) is 24.0. The first-order valence-electron chi connectivity index (χ1n) is 11.6. The van der Waals surface area contributed by atoms with Crippen LogP contribution in [0.25, 0.3) is 0 Å². The van der Waals surface area contributed by atoms with Crippen LogP contribution < -0.4 is 0 Å². The molecule has 5 heteroatoms. The minimum Gasteiger partial charge on any atom is -0.296 e. The van der Waals surface area contributed by atoms with Crippen LogP contribution >= 0.6 is 0 Å². The number of rotatable bonds is 7. The second kappa shape index (κ2) is 9.85. The van der Waals surface area contributed by atoms with E-state index in [9.17, 15) is 8.42 Å². The van der Waals surface area contributed by atoms with Gasteiger partial charge in [0.05, 0.1) is 4.90 Å². The number of hydrogen-bond acceptors (Lipinski definition) is 3. The van der Waals surface area contributed by atoms with Gasteiger partial charge in [-0.15, -0.1) is 0 Å². The topological polar surface area (TPSA) is 40.6 Å². The summed E-state index contributed by atoms with van der Waals surface area (Å²) in [5.41, 5.74) is 4.41. The predicted octanol–water partition coefficient (Wildman–Crippen LogP) is 5.56. The number of benzene rings is 2. The minimum atomic E-state index is -3.55. The molecule has 0 amide bonds. The van der Waals surface area contributed by atoms with Crippen molar-refractivity contribution in [3.05, 3.63) is 64.7 Å². The van der Waals surface area contributed by atoms with Crippen molar-refractivity contribution in [3.8, 4) is 0 Å². The van der Waals surface area contributed by atoms with Gasteiger partial charge in [0.25, 0.3) is 0 Å². The zero-order chi connectivity index (χ0) is 22.8. The van der Waals surface area contributed by atoms with Crippen LogP contribution in [0.2, 0.25) is 0 Å². The Hall–Kier alpha value is -1.69. The van der Waals surface area contributed by atoms with Crippen LogP contribution in [0, 0.1) is 0 Å². The normalized spacial score (nSPS) is 16.5. The third-order valence-electron chi connectivity index (χ3n) is 6.26. The third kappa shape index (κ3) is 5.39. The maximum atomic E-state index is 13.9. The van der Waals surface area contributed by atoms with E-state index >= 15 is 0 Å². The van der Waals surface area contributed by atoms with Crippen molar-refractivity contribution in [2.24, 2.45) is 0 Å². The molecular weight excluding hydrogens is 404 g/mol. The fraction of sp³-hybridized carbons (Fsp3) is 0.538. The van der Waals surface area contributed by atoms with E-state index in [-0.39, 0.29) is 11.8 Å². The SMILES string of the molecule is CC(C)c1cc(C(C)C)c(S(=O)(=O)N2CCN(Cc3ccccc3)CC2)c(C(C)C)c1. The molecule has 0 aromatic heterocycles. The largest absolute Gasteiger partial charge is 0.296 e. The standard InChI is InChI=1S/C26H38N2O2S/c1-19(2)23-16-24(20(3)4)26(25(17-23)21(5)6)31(29,30)28-14-12-27(13-15-28)18-22-10-8-7-9-11-22/h7-11,16-17,19-21H,12-15,18H2,1-6H3. The maximum Gasteiger partial charge on any atom is 0.243 e. The molecule has 3 rings (SSSR count). The molecule has 0 bridgehead atoms. The summed E-state index contributed by atoms with van der Waals surface area (Å²) in [6.45, 7) is 16.2. The molecule has 0 radical (unpaired) electrons. The van der Waals surface area contributed by atoms with Crippen molar-refractivity contribution in [1.82, 2.24) is 9.21 Å². The lowest BCUT2D eigenvalue weighted by Crippen LogP contribution is -2.48. The average molecular weight is 443 g/mol. The van der Waals surface area contributed by atoms with E-state index in [0.717, 1.165) is 30.8 Å². The smallest absolute Gasteiger partial charge is 0.243 e. The lowest BCUT2D eigenvalue weighted by Gasteiger charge is -2.35. The molecule has 1 fully saturated rings. The van der Waals surface area contributed by atoms with Gasteiger partial charge in [0.1, 0.15) is 0 Å². The van der Waals surface area contributed by atoms with E-state index in [4.69, 9.17) is 0 Å². The lowest BCUT2D eigenvalue weighted by molar-refractivity contribution is 0.181. The molecule has 2 aromatic rings. The second-order valence-corrected chi connectivity index (χ2v) is 11.5. The van der Waals surface area contributed by atoms with Gasteiger partial charge < -0.3 is 0 Å². The van der Waals surface area contributed by atoms with Gasteiger partial charge in [0, 0.05) is 32.7 Å². The Bertz CT molecular complexity index is 945. The Balaban J connectivity index is 1.89. The lowest BCUT2D eigenvalue weighted by atomic mass is 9.89. The molecular formula is C26H38N2O2S. The summed E-state index contributed by atoms with van der Waals surface area (Å²) in [4.78, 5) is 2.90. The zero-order valence-corrected chi connectivity index (χ0v) is 20.7. The third-order valence-corrected chi connectivity index (χ3v) is 8.29. The van der Waals surface area contributed by atoms with Gasteiger partial charge in [0.2, 0.25) is 10.0 Å². The van der Waals surface area contributed by atoms with Gasteiger partial charge in [-0.3, -0.25) is 4.90 Å². The van der Waals surface area contributed by atoms with Crippen molar-refractivity contribution in [1.29, 1.82) is 0 Å². The highest BCUT2D eigenvalue weighted by molar-refractivity contribution is 7.89. The van der Waals surface area contributed by atoms with Crippen molar-refractivity contribution in [2.75, 3.05) is 26.2 Å². The van der Waals surface area contributed by atoms with E-state index in [1.54, 1.807) is 4.31 Å². The Morgan fingerprint density at radius 3 is 1.74 bits per heavy atom. The summed E-state index contributed by atoms with van der Waals surface area (Å²) < 4.78 is 29.5. The Morgan fingerprint density at radius 1 is 0.774 bits per heavy atom. The molecule has 1 saturated heterocycles. The summed E-state index contributed by atoms with van der Waals surface area (Å²) in [7, 11) is -3.55. The van der Waals surface area contributed by atoms with Gasteiger partial charge >= 0.3 is 0 Å². The average Bonchev–Trinajstić information content (AvgIpc) is 2.73. The number of hydrogen-bond donors (Lipinski definition) is 0. The van der Waals surface area contributed by atoms with Crippen molar-refractivity contribution in [2.45, 2.75) is 70.7 Å². The Morgan fingerprint density at radius 2 is 1.29 bits per heavy atom. The Kier molecular flexibility index (Phi) is 7.61. The van der Waals surface area contributed by atoms with E-state index in [1.165, 1.54) is 11.1 Å². The minimum absolute atomic E-state index is 0.153. The molecule has 0 spiro atoms. The summed E-state index contributed by atoms with van der Waals surface area (Å²) in [6, 6.07) is 14.6. The Labute approximate surface area is 189 Å². The fourth-order valence-electron chi connectivity index (χ4n) is 4.29. The van der Waals surface area contributed by atoms with Gasteiger partial charge in [0.15, 0.2) is 0 Å². The van der Waals surface area contributed by atoms with Crippen LogP contribution in [-0.2, 0) is 16.6 Å². The molecule has 0 N–H and O–H groups in total. The van der Waals surface area contributed by atoms with Crippen LogP contribution in [0.4, 0.5) is 0 Å². The summed E-state index contributed by atoms with van der Waals surface area (Å²) >= 11 is 0. The van der Waals surface area contributed by atoms with Crippen LogP contribution in [-0.4, -0.2) is 43.8 Å². The van der Waals surface area contributed by atoms with Crippen LogP contribution in [0.15, 0.2) is 47.4 Å². The summed E-state index contributed by atoms with van der Waals surface area (Å²) in [5.74, 6) is 0.675. The number of sulfonamides is 1. The molecule has 4 nitrogen and oxygen atoms in total. The molecule has 2 aromatic carbocycles. The van der Waals surface area contributed by atoms with Gasteiger partial charge in [-0.05, 0) is 40.0 Å². The highest BCUT2D eigenvalue weighted by atomic mass is 32.2. The number of piperazine rings is 1. The van der Waals surface area contributed by atoms with Gasteiger partial charge in [-0.2, -0.15) is 4.31 Å². The van der Waals surface area contributed by atoms with Crippen molar-refractivity contribution >= 4 is 10.0 Å². The molecule has 31 heavy (non-hydrogen) atoms. The molecule has 0 unspecified atom stereocenters. The van der Waals surface area contributed by atoms with Crippen LogP contribution in [0.5, 0.6) is 0 Å². The van der Waals surface area contributed by atoms with E-state index < -0.39 is 10.0 Å². The fourth-order valence-corrected chi connectivity index (χ4v) is 6.37. The highest BCUT2D eigenvalue weighted by Crippen LogP contribution is 2.36. The van der Waals surface area contributed by atoms with Crippen molar-refractivity contribution < 1.29 is 8.42 Å². The molecule has 0 atom stereocenters. The quantitative estimate of drug-likeness (QED) is 0.563. The zero-order valence-electron chi connectivity index (χ0n) is 19.9. The van der Waals surface area contributed by atoms with E-state index in [1.807, 2.05) is 6.07 Å². The summed E-state index contributed by atoms with van der Waals surface area (Å²) in [6.07, 6.45) is 0. The van der Waals surface area contributed by atoms with Crippen LogP contribution in [0.3, 0.4) is 0 Å². The summed E-state index contributed by atoms with van der Waals surface area (Å²) in [5, 5.41) is 0. The van der Waals surface area contributed by atoms with E-state index in [2.05, 4.69) is 82.8 Å². The molecule has 170 valence electrons. The van der Waals surface area contributed by atoms with Gasteiger partial charge in [-0.1, -0.05) is 84.0 Å². The molecule has 1 aliphatic heterocycles. The molecule has 0 saturated carbocycles. The number of nitrogens with zero attached hydrogens (tertiary/aromatic N) is 2. The molecule has 1 heterocycles. The first-order chi connectivity index (χ1) is 14.6. The predicted molar refractivity (Wildman–Crippen MR) is 129 cm³/mol.